The second kappa shape index (κ2) is 7.02. The number of ether oxygens (including phenoxy) is 1. The molecule has 140 valence electrons. The molecule has 0 radical (unpaired) electrons. The molecule has 27 heavy (non-hydrogen) atoms. The molecule has 3 aliphatic rings. The fraction of sp³-hybridized carbons (Fsp3) is 0.476. The molecule has 2 aromatic rings. The summed E-state index contributed by atoms with van der Waals surface area (Å²) in [4.78, 5) is 24.8. The van der Waals surface area contributed by atoms with E-state index in [1.807, 2.05) is 29.3 Å². The summed E-state index contributed by atoms with van der Waals surface area (Å²) in [5.74, 6) is 0.832. The van der Waals surface area contributed by atoms with Gasteiger partial charge in [0.25, 0.3) is 5.91 Å². The van der Waals surface area contributed by atoms with Gasteiger partial charge < -0.3 is 15.0 Å². The zero-order chi connectivity index (χ0) is 18.2. The molecule has 0 unspecified atom stereocenters. The summed E-state index contributed by atoms with van der Waals surface area (Å²) in [5, 5.41) is 3.35. The summed E-state index contributed by atoms with van der Waals surface area (Å²) in [5.41, 5.74) is 4.52. The van der Waals surface area contributed by atoms with E-state index in [9.17, 15) is 4.79 Å². The summed E-state index contributed by atoms with van der Waals surface area (Å²) in [6.07, 6.45) is 5.11. The van der Waals surface area contributed by atoms with Crippen LogP contribution in [-0.2, 0) is 28.9 Å². The number of carbonyl (C=O) groups excluding carboxylic acids is 1. The predicted molar refractivity (Wildman–Crippen MR) is 100.0 cm³/mol. The Hall–Kier alpha value is -2.31. The third-order valence-electron chi connectivity index (χ3n) is 5.88. The number of rotatable bonds is 2. The first-order valence-electron chi connectivity index (χ1n) is 9.86. The van der Waals surface area contributed by atoms with Crippen molar-refractivity contribution >= 4 is 5.91 Å². The monoisotopic (exact) mass is 364 g/mol. The lowest BCUT2D eigenvalue weighted by Gasteiger charge is -2.31. The molecule has 1 aromatic carbocycles. The molecule has 1 saturated heterocycles. The van der Waals surface area contributed by atoms with Crippen LogP contribution < -0.4 is 5.32 Å². The van der Waals surface area contributed by atoms with E-state index >= 15 is 0 Å². The minimum atomic E-state index is -0.502. The number of hydrogen-bond acceptors (Lipinski definition) is 5. The van der Waals surface area contributed by atoms with E-state index in [4.69, 9.17) is 9.72 Å². The van der Waals surface area contributed by atoms with Gasteiger partial charge in [-0.1, -0.05) is 24.3 Å². The highest BCUT2D eigenvalue weighted by atomic mass is 16.5. The lowest BCUT2D eigenvalue weighted by molar-refractivity contribution is -0.146. The number of carbonyl (C=O) groups is 1. The van der Waals surface area contributed by atoms with Crippen LogP contribution >= 0.6 is 0 Å². The summed E-state index contributed by atoms with van der Waals surface area (Å²) < 4.78 is 5.91. The van der Waals surface area contributed by atoms with Crippen molar-refractivity contribution < 1.29 is 9.53 Å². The number of hydrogen-bond donors (Lipinski definition) is 1. The maximum Gasteiger partial charge on any atom is 0.256 e. The third-order valence-corrected chi connectivity index (χ3v) is 5.88. The lowest BCUT2D eigenvalue weighted by Crippen LogP contribution is -2.38. The minimum Gasteiger partial charge on any atom is -0.363 e. The van der Waals surface area contributed by atoms with Gasteiger partial charge in [0.05, 0.1) is 12.6 Å². The van der Waals surface area contributed by atoms with Crippen molar-refractivity contribution in [3.8, 4) is 0 Å². The minimum absolute atomic E-state index is 0.0459. The van der Waals surface area contributed by atoms with Crippen molar-refractivity contribution in [2.45, 2.75) is 44.4 Å². The summed E-state index contributed by atoms with van der Waals surface area (Å²) in [6, 6.07) is 8.08. The van der Waals surface area contributed by atoms with Gasteiger partial charge in [-0.05, 0) is 30.4 Å². The van der Waals surface area contributed by atoms with Gasteiger partial charge in [0.2, 0.25) is 0 Å². The molecule has 0 bridgehead atoms. The predicted octanol–water partition coefficient (Wildman–Crippen LogP) is 2.10. The topological polar surface area (TPSA) is 67.3 Å². The molecule has 0 aliphatic carbocycles. The van der Waals surface area contributed by atoms with Crippen molar-refractivity contribution in [3.63, 3.8) is 0 Å². The Kier molecular flexibility index (Phi) is 4.38. The Morgan fingerprint density at radius 1 is 1.22 bits per heavy atom. The number of fused-ring (bicyclic) bond motifs is 2. The molecule has 1 amide bonds. The quantitative estimate of drug-likeness (QED) is 0.884. The average Bonchev–Trinajstić information content (AvgIpc) is 3.22. The molecule has 1 N–H and O–H groups in total. The third kappa shape index (κ3) is 3.03. The normalized spacial score (nSPS) is 24.4. The molecule has 6 heteroatoms. The van der Waals surface area contributed by atoms with Crippen molar-refractivity contribution in [2.24, 2.45) is 0 Å². The second-order valence-corrected chi connectivity index (χ2v) is 7.52. The van der Waals surface area contributed by atoms with Crippen molar-refractivity contribution in [2.75, 3.05) is 19.7 Å². The van der Waals surface area contributed by atoms with E-state index < -0.39 is 6.10 Å². The fourth-order valence-electron chi connectivity index (χ4n) is 4.46. The van der Waals surface area contributed by atoms with Gasteiger partial charge in [-0.25, -0.2) is 9.97 Å². The molecule has 6 nitrogen and oxygen atoms in total. The van der Waals surface area contributed by atoms with Crippen LogP contribution in [0.25, 0.3) is 0 Å². The second-order valence-electron chi connectivity index (χ2n) is 7.52. The van der Waals surface area contributed by atoms with Crippen molar-refractivity contribution in [3.05, 3.63) is 58.7 Å². The molecular formula is C21H24N4O2. The van der Waals surface area contributed by atoms with Crippen LogP contribution in [0.4, 0.5) is 0 Å². The first kappa shape index (κ1) is 16.8. The maximum atomic E-state index is 13.4. The summed E-state index contributed by atoms with van der Waals surface area (Å²) in [6.45, 7) is 3.11. The van der Waals surface area contributed by atoms with Crippen molar-refractivity contribution in [1.82, 2.24) is 20.2 Å². The summed E-state index contributed by atoms with van der Waals surface area (Å²) in [7, 11) is 0. The van der Waals surface area contributed by atoms with Crippen LogP contribution in [0.5, 0.6) is 0 Å². The highest BCUT2D eigenvalue weighted by Gasteiger charge is 2.38. The first-order chi connectivity index (χ1) is 13.3. The highest BCUT2D eigenvalue weighted by molar-refractivity contribution is 5.83. The largest absolute Gasteiger partial charge is 0.363 e. The van der Waals surface area contributed by atoms with Crippen LogP contribution in [0.15, 0.2) is 30.5 Å². The Balaban J connectivity index is 1.43. The number of nitrogens with one attached hydrogen (secondary N) is 1. The van der Waals surface area contributed by atoms with Crippen LogP contribution in [0.1, 0.15) is 53.2 Å². The van der Waals surface area contributed by atoms with E-state index in [2.05, 4.69) is 16.4 Å². The van der Waals surface area contributed by atoms with E-state index in [-0.39, 0.29) is 11.9 Å². The number of aromatic nitrogens is 2. The molecule has 1 fully saturated rings. The van der Waals surface area contributed by atoms with E-state index in [1.165, 1.54) is 11.1 Å². The van der Waals surface area contributed by atoms with E-state index in [0.717, 1.165) is 62.4 Å². The standard InChI is InChI=1S/C21H24N4O2/c26-21(19-16-5-2-1-4-14(16)8-11-27-19)25-10-3-6-18(25)20-23-13-15-12-22-9-7-17(15)24-20/h1-2,4-5,13,18-19,22H,3,6-12H2/t18-,19-/m0/s1. The zero-order valence-corrected chi connectivity index (χ0v) is 15.4. The smallest absolute Gasteiger partial charge is 0.256 e. The van der Waals surface area contributed by atoms with Gasteiger partial charge in [-0.3, -0.25) is 4.79 Å². The summed E-state index contributed by atoms with van der Waals surface area (Å²) >= 11 is 0. The number of amides is 1. The molecule has 0 saturated carbocycles. The van der Waals surface area contributed by atoms with E-state index in [1.54, 1.807) is 0 Å². The SMILES string of the molecule is O=C([C@H]1OCCc2ccccc21)N1CCC[C@H]1c1ncc2c(n1)CCNC2. The number of likely N-dealkylation sites (tertiary alicyclic amines) is 1. The van der Waals surface area contributed by atoms with Crippen LogP contribution in [0.3, 0.4) is 0 Å². The van der Waals surface area contributed by atoms with Crippen LogP contribution in [-0.4, -0.2) is 40.5 Å². The highest BCUT2D eigenvalue weighted by Crippen LogP contribution is 2.36. The molecule has 3 aliphatic heterocycles. The number of nitrogens with zero attached hydrogens (tertiary/aromatic N) is 3. The molecule has 5 rings (SSSR count). The van der Waals surface area contributed by atoms with Crippen LogP contribution in [0, 0.1) is 0 Å². The van der Waals surface area contributed by atoms with Gasteiger partial charge in [-0.2, -0.15) is 0 Å². The fourth-order valence-corrected chi connectivity index (χ4v) is 4.46. The molecule has 0 spiro atoms. The Morgan fingerprint density at radius 2 is 2.15 bits per heavy atom. The molecule has 2 atom stereocenters. The van der Waals surface area contributed by atoms with E-state index in [0.29, 0.717) is 6.61 Å². The average molecular weight is 364 g/mol. The van der Waals surface area contributed by atoms with Gasteiger partial charge in [0.15, 0.2) is 11.9 Å². The molecule has 4 heterocycles. The van der Waals surface area contributed by atoms with Gasteiger partial charge >= 0.3 is 0 Å². The van der Waals surface area contributed by atoms with Crippen LogP contribution in [0.2, 0.25) is 0 Å². The Bertz CT molecular complexity index is 869. The molecule has 1 aromatic heterocycles. The number of benzene rings is 1. The Morgan fingerprint density at radius 3 is 3.11 bits per heavy atom. The Labute approximate surface area is 159 Å². The lowest BCUT2D eigenvalue weighted by atomic mass is 9.96. The molecular weight excluding hydrogens is 340 g/mol. The maximum absolute atomic E-state index is 13.4. The van der Waals surface area contributed by atoms with Gasteiger partial charge in [-0.15, -0.1) is 0 Å². The first-order valence-corrected chi connectivity index (χ1v) is 9.86. The van der Waals surface area contributed by atoms with Gasteiger partial charge in [0, 0.05) is 43.5 Å². The van der Waals surface area contributed by atoms with Crippen molar-refractivity contribution in [1.29, 1.82) is 0 Å². The zero-order valence-electron chi connectivity index (χ0n) is 15.4. The van der Waals surface area contributed by atoms with Gasteiger partial charge in [0.1, 0.15) is 0 Å².